The van der Waals surface area contributed by atoms with Crippen molar-refractivity contribution in [2.24, 2.45) is 5.92 Å². The van der Waals surface area contributed by atoms with E-state index < -0.39 is 24.7 Å². The summed E-state index contributed by atoms with van der Waals surface area (Å²) in [4.78, 5) is 24.9. The van der Waals surface area contributed by atoms with Gasteiger partial charge in [-0.2, -0.15) is 13.2 Å². The first-order valence-corrected chi connectivity index (χ1v) is 8.01. The fourth-order valence-electron chi connectivity index (χ4n) is 3.47. The Bertz CT molecular complexity index is 442. The number of carbonyl (C=O) groups excluding carboxylic acids is 2. The minimum Gasteiger partial charge on any atom is -0.469 e. The smallest absolute Gasteiger partial charge is 0.406 e. The zero-order valence-corrected chi connectivity index (χ0v) is 13.2. The molecule has 1 N–H and O–H groups in total. The zero-order chi connectivity index (χ0) is 17.0. The topological polar surface area (TPSA) is 58.6 Å². The molecule has 0 aromatic carbocycles. The average molecular weight is 336 g/mol. The third-order valence-electron chi connectivity index (χ3n) is 4.60. The van der Waals surface area contributed by atoms with Crippen LogP contribution in [0.5, 0.6) is 0 Å². The summed E-state index contributed by atoms with van der Waals surface area (Å²) in [6, 6.07) is -0.864. The normalized spacial score (nSPS) is 29.5. The number of nitrogens with zero attached hydrogens (tertiary/aromatic N) is 1. The lowest BCUT2D eigenvalue weighted by molar-refractivity contribution is -0.158. The standard InChI is InChI=1S/C15H23F3N2O3/c1-23-14(22)10-5-3-2-4-6-11(10)19-12-7-8-20(13(12)21)9-15(16,17)18/h10-12,19H,2-9H2,1H3/t10-,11+,12+/m1/s1. The maximum absolute atomic E-state index is 12.5. The molecule has 1 amide bonds. The molecule has 1 saturated carbocycles. The van der Waals surface area contributed by atoms with Crippen molar-refractivity contribution in [1.29, 1.82) is 0 Å². The summed E-state index contributed by atoms with van der Waals surface area (Å²) in [5.74, 6) is -1.19. The lowest BCUT2D eigenvalue weighted by Gasteiger charge is -2.27. The lowest BCUT2D eigenvalue weighted by atomic mass is 9.94. The van der Waals surface area contributed by atoms with E-state index in [1.54, 1.807) is 0 Å². The number of methoxy groups -OCH3 is 1. The third-order valence-corrected chi connectivity index (χ3v) is 4.60. The Labute approximate surface area is 133 Å². The molecule has 1 aliphatic heterocycles. The molecule has 132 valence electrons. The maximum Gasteiger partial charge on any atom is 0.406 e. The predicted molar refractivity (Wildman–Crippen MR) is 76.6 cm³/mol. The van der Waals surface area contributed by atoms with Gasteiger partial charge in [0.2, 0.25) is 5.91 Å². The first kappa shape index (κ1) is 18.0. The Morgan fingerprint density at radius 2 is 1.96 bits per heavy atom. The van der Waals surface area contributed by atoms with Gasteiger partial charge in [-0.3, -0.25) is 9.59 Å². The molecule has 0 aromatic rings. The van der Waals surface area contributed by atoms with Gasteiger partial charge >= 0.3 is 12.1 Å². The molecule has 1 saturated heterocycles. The van der Waals surface area contributed by atoms with Gasteiger partial charge in [0.15, 0.2) is 0 Å². The highest BCUT2D eigenvalue weighted by molar-refractivity contribution is 5.84. The zero-order valence-electron chi connectivity index (χ0n) is 13.2. The second kappa shape index (κ2) is 7.51. The van der Waals surface area contributed by atoms with E-state index in [9.17, 15) is 22.8 Å². The molecule has 0 aromatic heterocycles. The summed E-state index contributed by atoms with van der Waals surface area (Å²) in [6.07, 6.45) is 0.195. The van der Waals surface area contributed by atoms with Crippen LogP contribution in [0.4, 0.5) is 13.2 Å². The third kappa shape index (κ3) is 4.83. The first-order valence-electron chi connectivity index (χ1n) is 8.01. The average Bonchev–Trinajstić information content (AvgIpc) is 2.69. The molecular formula is C15H23F3N2O3. The van der Waals surface area contributed by atoms with Crippen LogP contribution >= 0.6 is 0 Å². The van der Waals surface area contributed by atoms with E-state index in [2.05, 4.69) is 5.32 Å². The number of carbonyl (C=O) groups is 2. The molecule has 0 unspecified atom stereocenters. The van der Waals surface area contributed by atoms with Crippen LogP contribution < -0.4 is 5.32 Å². The van der Waals surface area contributed by atoms with E-state index in [4.69, 9.17) is 4.74 Å². The van der Waals surface area contributed by atoms with Crippen molar-refractivity contribution in [3.8, 4) is 0 Å². The molecule has 1 heterocycles. The van der Waals surface area contributed by atoms with Crippen LogP contribution in [0.15, 0.2) is 0 Å². The highest BCUT2D eigenvalue weighted by atomic mass is 19.4. The summed E-state index contributed by atoms with van der Waals surface area (Å²) >= 11 is 0. The van der Waals surface area contributed by atoms with E-state index in [0.29, 0.717) is 12.8 Å². The van der Waals surface area contributed by atoms with Crippen LogP contribution in [0.2, 0.25) is 0 Å². The van der Waals surface area contributed by atoms with Gasteiger partial charge in [0.25, 0.3) is 0 Å². The molecule has 1 aliphatic carbocycles. The van der Waals surface area contributed by atoms with Crippen molar-refractivity contribution in [3.05, 3.63) is 0 Å². The monoisotopic (exact) mass is 336 g/mol. The predicted octanol–water partition coefficient (Wildman–Crippen LogP) is 1.86. The van der Waals surface area contributed by atoms with Crippen molar-refractivity contribution in [2.75, 3.05) is 20.2 Å². The Kier molecular flexibility index (Phi) is 5.89. The number of hydrogen-bond acceptors (Lipinski definition) is 4. The molecule has 0 bridgehead atoms. The summed E-state index contributed by atoms with van der Waals surface area (Å²) in [5, 5.41) is 3.13. The number of esters is 1. The lowest BCUT2D eigenvalue weighted by Crippen LogP contribution is -2.49. The van der Waals surface area contributed by atoms with Gasteiger partial charge in [0.05, 0.1) is 19.1 Å². The number of ether oxygens (including phenoxy) is 1. The number of alkyl halides is 3. The second-order valence-corrected chi connectivity index (χ2v) is 6.26. The Morgan fingerprint density at radius 1 is 1.26 bits per heavy atom. The summed E-state index contributed by atoms with van der Waals surface area (Å²) < 4.78 is 42.2. The molecule has 5 nitrogen and oxygen atoms in total. The number of rotatable bonds is 4. The van der Waals surface area contributed by atoms with E-state index in [-0.39, 0.29) is 24.5 Å². The number of halogens is 3. The summed E-state index contributed by atoms with van der Waals surface area (Å²) in [7, 11) is 1.33. The molecule has 3 atom stereocenters. The maximum atomic E-state index is 12.5. The van der Waals surface area contributed by atoms with Crippen LogP contribution in [0, 0.1) is 5.92 Å². The van der Waals surface area contributed by atoms with Crippen LogP contribution in [-0.4, -0.2) is 55.2 Å². The molecule has 2 rings (SSSR count). The molecule has 0 spiro atoms. The van der Waals surface area contributed by atoms with Gasteiger partial charge in [-0.1, -0.05) is 19.3 Å². The molecule has 23 heavy (non-hydrogen) atoms. The molecule has 0 radical (unpaired) electrons. The van der Waals surface area contributed by atoms with Gasteiger partial charge < -0.3 is 15.0 Å². The van der Waals surface area contributed by atoms with Gasteiger partial charge in [-0.15, -0.1) is 0 Å². The number of nitrogens with one attached hydrogen (secondary N) is 1. The number of hydrogen-bond donors (Lipinski definition) is 1. The SMILES string of the molecule is COC(=O)[C@@H]1CCCCC[C@@H]1N[C@H]1CCN(CC(F)(F)F)C1=O. The number of amides is 1. The summed E-state index contributed by atoms with van der Waals surface area (Å²) in [6.45, 7) is -1.12. The van der Waals surface area contributed by atoms with Gasteiger partial charge in [0, 0.05) is 12.6 Å². The highest BCUT2D eigenvalue weighted by Gasteiger charge is 2.41. The molecule has 2 aliphatic rings. The van der Waals surface area contributed by atoms with E-state index in [0.717, 1.165) is 30.6 Å². The Balaban J connectivity index is 1.99. The minimum atomic E-state index is -4.39. The Morgan fingerprint density at radius 3 is 2.61 bits per heavy atom. The van der Waals surface area contributed by atoms with Crippen LogP contribution in [0.3, 0.4) is 0 Å². The van der Waals surface area contributed by atoms with Crippen LogP contribution in [-0.2, 0) is 14.3 Å². The van der Waals surface area contributed by atoms with Crippen molar-refractivity contribution < 1.29 is 27.5 Å². The van der Waals surface area contributed by atoms with Crippen molar-refractivity contribution in [1.82, 2.24) is 10.2 Å². The largest absolute Gasteiger partial charge is 0.469 e. The fourth-order valence-corrected chi connectivity index (χ4v) is 3.47. The van der Waals surface area contributed by atoms with Crippen molar-refractivity contribution in [3.63, 3.8) is 0 Å². The van der Waals surface area contributed by atoms with Crippen molar-refractivity contribution >= 4 is 11.9 Å². The van der Waals surface area contributed by atoms with Crippen molar-refractivity contribution in [2.45, 2.75) is 56.8 Å². The van der Waals surface area contributed by atoms with E-state index in [1.165, 1.54) is 7.11 Å². The van der Waals surface area contributed by atoms with Crippen LogP contribution in [0.25, 0.3) is 0 Å². The number of likely N-dealkylation sites (tertiary alicyclic amines) is 1. The Hall–Kier alpha value is -1.31. The molecular weight excluding hydrogens is 313 g/mol. The van der Waals surface area contributed by atoms with E-state index in [1.807, 2.05) is 0 Å². The van der Waals surface area contributed by atoms with Gasteiger partial charge in [-0.25, -0.2) is 0 Å². The van der Waals surface area contributed by atoms with E-state index >= 15 is 0 Å². The molecule has 2 fully saturated rings. The second-order valence-electron chi connectivity index (χ2n) is 6.26. The highest BCUT2D eigenvalue weighted by Crippen LogP contribution is 2.27. The van der Waals surface area contributed by atoms with Crippen LogP contribution in [0.1, 0.15) is 38.5 Å². The molecule has 8 heteroatoms. The minimum absolute atomic E-state index is 0.0889. The quantitative estimate of drug-likeness (QED) is 0.629. The fraction of sp³-hybridized carbons (Fsp3) is 0.867. The van der Waals surface area contributed by atoms with Gasteiger partial charge in [0.1, 0.15) is 6.54 Å². The van der Waals surface area contributed by atoms with Gasteiger partial charge in [-0.05, 0) is 19.3 Å². The first-order chi connectivity index (χ1) is 10.8. The summed E-state index contributed by atoms with van der Waals surface area (Å²) in [5.41, 5.74) is 0.